The van der Waals surface area contributed by atoms with Gasteiger partial charge in [0.2, 0.25) is 0 Å². The van der Waals surface area contributed by atoms with E-state index in [0.29, 0.717) is 18.0 Å². The van der Waals surface area contributed by atoms with Crippen LogP contribution in [0.2, 0.25) is 0 Å². The second kappa shape index (κ2) is 8.63. The first-order valence-corrected chi connectivity index (χ1v) is 11.1. The van der Waals surface area contributed by atoms with Crippen LogP contribution in [0.15, 0.2) is 35.3 Å². The highest BCUT2D eigenvalue weighted by Crippen LogP contribution is 2.32. The fourth-order valence-corrected chi connectivity index (χ4v) is 3.65. The predicted octanol–water partition coefficient (Wildman–Crippen LogP) is 5.08. The van der Waals surface area contributed by atoms with Crippen molar-refractivity contribution in [1.82, 2.24) is 9.36 Å². The lowest BCUT2D eigenvalue weighted by atomic mass is 9.92. The largest absolute Gasteiger partial charge is 0.416 e. The van der Waals surface area contributed by atoms with Crippen LogP contribution >= 0.6 is 0 Å². The summed E-state index contributed by atoms with van der Waals surface area (Å²) in [6.07, 6.45) is 0.504. The Bertz CT molecular complexity index is 1140. The molecule has 1 N–H and O–H groups in total. The van der Waals surface area contributed by atoms with E-state index in [1.807, 2.05) is 22.5 Å². The van der Waals surface area contributed by atoms with E-state index in [9.17, 15) is 23.1 Å². The number of hydrogen-bond acceptors (Lipinski definition) is 2. The Kier molecular flexibility index (Phi) is 6.54. The Labute approximate surface area is 192 Å². The Hall–Kier alpha value is -2.61. The van der Waals surface area contributed by atoms with Crippen molar-refractivity contribution in [2.75, 3.05) is 0 Å². The molecule has 0 spiro atoms. The maximum atomic E-state index is 13.4. The van der Waals surface area contributed by atoms with Crippen LogP contribution in [0.25, 0.3) is 6.08 Å². The molecule has 1 aliphatic carbocycles. The fourth-order valence-electron chi connectivity index (χ4n) is 3.65. The molecule has 1 heterocycles. The third kappa shape index (κ3) is 6.25. The van der Waals surface area contributed by atoms with Gasteiger partial charge in [0, 0.05) is 36.3 Å². The molecule has 1 aliphatic rings. The minimum Gasteiger partial charge on any atom is -0.386 e. The summed E-state index contributed by atoms with van der Waals surface area (Å²) in [6, 6.07) is 4.82. The van der Waals surface area contributed by atoms with Crippen LogP contribution in [0.4, 0.5) is 13.2 Å². The van der Waals surface area contributed by atoms with Crippen molar-refractivity contribution in [3.63, 3.8) is 0 Å². The molecule has 0 bridgehead atoms. The molecule has 2 aromatic rings. The minimum absolute atomic E-state index is 0.163. The molecule has 8 heteroatoms. The molecule has 1 saturated carbocycles. The highest BCUT2D eigenvalue weighted by Gasteiger charge is 2.32. The van der Waals surface area contributed by atoms with Crippen LogP contribution < -0.4 is 5.49 Å². The first kappa shape index (κ1) is 25.0. The molecule has 5 nitrogen and oxygen atoms in total. The molecule has 1 aromatic heterocycles. The maximum absolute atomic E-state index is 13.4. The van der Waals surface area contributed by atoms with Crippen molar-refractivity contribution in [1.29, 1.82) is 0 Å². The van der Waals surface area contributed by atoms with E-state index in [0.717, 1.165) is 30.7 Å². The third-order valence-electron chi connectivity index (χ3n) is 5.64. The summed E-state index contributed by atoms with van der Waals surface area (Å²) >= 11 is 0. The number of carbonyl (C=O) groups excluding carboxylic acids is 1. The number of halogens is 3. The van der Waals surface area contributed by atoms with Crippen LogP contribution in [0.5, 0.6) is 0 Å². The number of carbonyl (C=O) groups is 1. The number of hydrogen-bond donors (Lipinski definition) is 1. The summed E-state index contributed by atoms with van der Waals surface area (Å²) in [5, 5.41) is 9.98. The molecular weight excluding hydrogens is 431 g/mol. The van der Waals surface area contributed by atoms with Gasteiger partial charge in [-0.05, 0) is 50.3 Å². The van der Waals surface area contributed by atoms with Crippen molar-refractivity contribution in [2.45, 2.75) is 71.2 Å². The van der Waals surface area contributed by atoms with Gasteiger partial charge in [-0.15, -0.1) is 0 Å². The summed E-state index contributed by atoms with van der Waals surface area (Å²) in [4.78, 5) is 17.5. The van der Waals surface area contributed by atoms with Gasteiger partial charge in [-0.25, -0.2) is 0 Å². The zero-order chi connectivity index (χ0) is 24.8. The molecule has 0 atom stereocenters. The number of nitrogens with zero attached hydrogens (tertiary/aromatic N) is 3. The Morgan fingerprint density at radius 3 is 2.30 bits per heavy atom. The number of benzene rings is 1. The monoisotopic (exact) mass is 463 g/mol. The van der Waals surface area contributed by atoms with E-state index < -0.39 is 23.2 Å². The average molecular weight is 464 g/mol. The number of aliphatic hydroxyl groups is 1. The van der Waals surface area contributed by atoms with Gasteiger partial charge >= 0.3 is 6.18 Å². The molecule has 33 heavy (non-hydrogen) atoms. The van der Waals surface area contributed by atoms with Gasteiger partial charge in [-0.2, -0.15) is 18.2 Å². The molecule has 3 rings (SSSR count). The topological polar surface area (TPSA) is 59.5 Å². The Morgan fingerprint density at radius 1 is 1.15 bits per heavy atom. The fraction of sp³-hybridized carbons (Fsp3) is 0.520. The SMILES string of the molecule is Cn1c(C(C)(C)C)c/c(=N\C(=O)c2cc(C(F)(F)F)ccc2/C=C/C(C)(C)O)n1CC1CC1. The van der Waals surface area contributed by atoms with E-state index in [-0.39, 0.29) is 16.5 Å². The summed E-state index contributed by atoms with van der Waals surface area (Å²) in [5.74, 6) is -0.244. The maximum Gasteiger partial charge on any atom is 0.416 e. The summed E-state index contributed by atoms with van der Waals surface area (Å²) in [6.45, 7) is 9.95. The normalized spacial score (nSPS) is 16.1. The average Bonchev–Trinajstić information content (AvgIpc) is 3.43. The second-order valence-corrected chi connectivity index (χ2v) is 10.4. The van der Waals surface area contributed by atoms with Gasteiger partial charge < -0.3 is 5.11 Å². The van der Waals surface area contributed by atoms with Gasteiger partial charge in [0.05, 0.1) is 11.2 Å². The van der Waals surface area contributed by atoms with Crippen LogP contribution in [0.3, 0.4) is 0 Å². The Morgan fingerprint density at radius 2 is 1.79 bits per heavy atom. The quantitative estimate of drug-likeness (QED) is 0.672. The molecule has 0 unspecified atom stereocenters. The molecule has 1 amide bonds. The number of amides is 1. The van der Waals surface area contributed by atoms with Crippen molar-refractivity contribution in [3.8, 4) is 0 Å². The smallest absolute Gasteiger partial charge is 0.386 e. The zero-order valence-corrected chi connectivity index (χ0v) is 20.0. The lowest BCUT2D eigenvalue weighted by Crippen LogP contribution is -2.26. The van der Waals surface area contributed by atoms with E-state index in [2.05, 4.69) is 25.8 Å². The van der Waals surface area contributed by atoms with E-state index >= 15 is 0 Å². The van der Waals surface area contributed by atoms with Crippen LogP contribution in [0, 0.1) is 5.92 Å². The van der Waals surface area contributed by atoms with Gasteiger partial charge in [0.15, 0.2) is 5.49 Å². The highest BCUT2D eigenvalue weighted by atomic mass is 19.4. The summed E-state index contributed by atoms with van der Waals surface area (Å²) < 4.78 is 44.0. The van der Waals surface area contributed by atoms with E-state index in [4.69, 9.17) is 0 Å². The standard InChI is InChI=1S/C25H32F3N3O2/c1-23(2,3)20-14-21(31(30(20)6)15-16-7-8-16)29-22(32)19-13-18(25(26,27)28)10-9-17(19)11-12-24(4,5)33/h9-14,16,33H,7-8,15H2,1-6H3/b12-11+,29-21+. The van der Waals surface area contributed by atoms with Gasteiger partial charge in [0.1, 0.15) is 0 Å². The zero-order valence-electron chi connectivity index (χ0n) is 20.0. The molecule has 0 aliphatic heterocycles. The van der Waals surface area contributed by atoms with Crippen LogP contribution in [-0.2, 0) is 25.2 Å². The van der Waals surface area contributed by atoms with Gasteiger partial charge in [-0.3, -0.25) is 14.2 Å². The first-order valence-electron chi connectivity index (χ1n) is 11.1. The van der Waals surface area contributed by atoms with Gasteiger partial charge in [0.25, 0.3) is 5.91 Å². The lowest BCUT2D eigenvalue weighted by molar-refractivity contribution is -0.137. The number of rotatable bonds is 5. The second-order valence-electron chi connectivity index (χ2n) is 10.4. The van der Waals surface area contributed by atoms with Crippen LogP contribution in [0.1, 0.15) is 74.6 Å². The van der Waals surface area contributed by atoms with Crippen molar-refractivity contribution >= 4 is 12.0 Å². The first-order chi connectivity index (χ1) is 15.1. The Balaban J connectivity index is 2.15. The number of aromatic nitrogens is 2. The molecule has 0 saturated heterocycles. The molecule has 1 fully saturated rings. The summed E-state index contributed by atoms with van der Waals surface area (Å²) in [5.41, 5.74) is -0.808. The van der Waals surface area contributed by atoms with Crippen molar-refractivity contribution in [2.24, 2.45) is 18.0 Å². The highest BCUT2D eigenvalue weighted by molar-refractivity contribution is 5.98. The minimum atomic E-state index is -4.59. The van der Waals surface area contributed by atoms with Gasteiger partial charge in [-0.1, -0.05) is 39.0 Å². The van der Waals surface area contributed by atoms with Crippen molar-refractivity contribution in [3.05, 3.63) is 58.2 Å². The summed E-state index contributed by atoms with van der Waals surface area (Å²) in [7, 11) is 1.91. The molecule has 1 aromatic carbocycles. The third-order valence-corrected chi connectivity index (χ3v) is 5.64. The lowest BCUT2D eigenvalue weighted by Gasteiger charge is -2.20. The molecule has 180 valence electrons. The predicted molar refractivity (Wildman–Crippen MR) is 121 cm³/mol. The number of alkyl halides is 3. The van der Waals surface area contributed by atoms with E-state index in [1.54, 1.807) is 0 Å². The molecular formula is C25H32F3N3O2. The van der Waals surface area contributed by atoms with Crippen LogP contribution in [-0.4, -0.2) is 26.0 Å². The molecule has 0 radical (unpaired) electrons. The van der Waals surface area contributed by atoms with E-state index in [1.165, 1.54) is 32.1 Å². The van der Waals surface area contributed by atoms with Crippen molar-refractivity contribution < 1.29 is 23.1 Å².